The molecule has 0 heterocycles. The maximum Gasteiger partial charge on any atom is 0.226 e. The maximum absolute atomic E-state index is 11.4. The Morgan fingerprint density at radius 2 is 2.11 bits per heavy atom. The van der Waals surface area contributed by atoms with Crippen molar-refractivity contribution in [3.63, 3.8) is 0 Å². The summed E-state index contributed by atoms with van der Waals surface area (Å²) in [6.45, 7) is 2.55. The number of hydrogen-bond donors (Lipinski definition) is 2. The first-order valence-corrected chi connectivity index (χ1v) is 6.73. The number of thiocarbonyl (C=S) groups is 1. The zero-order valence-electron chi connectivity index (χ0n) is 10.3. The van der Waals surface area contributed by atoms with Gasteiger partial charge in [-0.05, 0) is 30.3 Å². The van der Waals surface area contributed by atoms with Crippen molar-refractivity contribution in [2.75, 3.05) is 0 Å². The van der Waals surface area contributed by atoms with Crippen LogP contribution in [0.3, 0.4) is 0 Å². The molecule has 98 valence electrons. The van der Waals surface area contributed by atoms with Crippen molar-refractivity contribution in [3.8, 4) is 0 Å². The normalized spacial score (nSPS) is 9.89. The molecular weight excluding hydrogens is 268 g/mol. The molecule has 3 nitrogen and oxygen atoms in total. The first-order chi connectivity index (χ1) is 8.63. The van der Waals surface area contributed by atoms with Gasteiger partial charge in [0.25, 0.3) is 0 Å². The maximum atomic E-state index is 11.4. The lowest BCUT2D eigenvalue weighted by Crippen LogP contribution is -2.38. The minimum absolute atomic E-state index is 0.0477. The Morgan fingerprint density at radius 1 is 1.39 bits per heavy atom. The van der Waals surface area contributed by atoms with Crippen molar-refractivity contribution >= 4 is 34.8 Å². The summed E-state index contributed by atoms with van der Waals surface area (Å²) in [5.41, 5.74) is 0.948. The molecule has 0 aliphatic heterocycles. The second-order valence-corrected chi connectivity index (χ2v) is 4.74. The van der Waals surface area contributed by atoms with Crippen LogP contribution in [0, 0.1) is 0 Å². The van der Waals surface area contributed by atoms with Crippen LogP contribution in [0.15, 0.2) is 24.3 Å². The van der Waals surface area contributed by atoms with Crippen molar-refractivity contribution in [1.82, 2.24) is 10.6 Å². The van der Waals surface area contributed by atoms with E-state index in [1.54, 1.807) is 0 Å². The second-order valence-electron chi connectivity index (χ2n) is 3.93. The van der Waals surface area contributed by atoms with Gasteiger partial charge in [0, 0.05) is 18.0 Å². The van der Waals surface area contributed by atoms with Gasteiger partial charge in [-0.3, -0.25) is 4.79 Å². The largest absolute Gasteiger partial charge is 0.358 e. The Labute approximate surface area is 118 Å². The van der Waals surface area contributed by atoms with Gasteiger partial charge in [0.2, 0.25) is 5.91 Å². The fourth-order valence-corrected chi connectivity index (χ4v) is 1.78. The van der Waals surface area contributed by atoms with Crippen LogP contribution in [0.1, 0.15) is 31.7 Å². The number of carbonyl (C=O) groups is 1. The summed E-state index contributed by atoms with van der Waals surface area (Å²) in [7, 11) is 0. The Morgan fingerprint density at radius 3 is 2.78 bits per heavy atom. The zero-order chi connectivity index (χ0) is 13.4. The molecule has 0 atom stereocenters. The molecule has 0 saturated carbocycles. The Balaban J connectivity index is 2.33. The molecule has 1 amide bonds. The smallest absolute Gasteiger partial charge is 0.226 e. The van der Waals surface area contributed by atoms with Gasteiger partial charge < -0.3 is 10.6 Å². The molecule has 0 fully saturated rings. The van der Waals surface area contributed by atoms with Gasteiger partial charge in [-0.1, -0.05) is 43.1 Å². The van der Waals surface area contributed by atoms with Crippen LogP contribution in [-0.4, -0.2) is 11.0 Å². The highest BCUT2D eigenvalue weighted by molar-refractivity contribution is 7.80. The number of rotatable bonds is 5. The molecule has 0 bridgehead atoms. The summed E-state index contributed by atoms with van der Waals surface area (Å²) < 4.78 is 0. The molecule has 0 aromatic heterocycles. The van der Waals surface area contributed by atoms with Gasteiger partial charge in [-0.15, -0.1) is 0 Å². The van der Waals surface area contributed by atoms with E-state index in [2.05, 4.69) is 10.6 Å². The van der Waals surface area contributed by atoms with Gasteiger partial charge in [-0.25, -0.2) is 0 Å². The number of hydrogen-bond acceptors (Lipinski definition) is 2. The highest BCUT2D eigenvalue weighted by Crippen LogP contribution is 2.14. The predicted octanol–water partition coefficient (Wildman–Crippen LogP) is 3.02. The van der Waals surface area contributed by atoms with Crippen LogP contribution in [0.2, 0.25) is 5.02 Å². The average Bonchev–Trinajstić information content (AvgIpc) is 2.35. The monoisotopic (exact) mass is 284 g/mol. The molecule has 0 spiro atoms. The molecule has 0 saturated heterocycles. The van der Waals surface area contributed by atoms with Gasteiger partial charge in [0.05, 0.1) is 0 Å². The summed E-state index contributed by atoms with van der Waals surface area (Å²) in [4.78, 5) is 11.4. The Bertz CT molecular complexity index is 423. The number of benzene rings is 1. The van der Waals surface area contributed by atoms with E-state index in [-0.39, 0.29) is 5.91 Å². The lowest BCUT2D eigenvalue weighted by molar-refractivity contribution is -0.119. The van der Waals surface area contributed by atoms with Crippen LogP contribution in [0.5, 0.6) is 0 Å². The van der Waals surface area contributed by atoms with E-state index in [0.717, 1.165) is 18.4 Å². The number of nitrogens with one attached hydrogen (secondary N) is 2. The first-order valence-electron chi connectivity index (χ1n) is 5.94. The summed E-state index contributed by atoms with van der Waals surface area (Å²) >= 11 is 11.0. The van der Waals surface area contributed by atoms with Gasteiger partial charge in [0.1, 0.15) is 0 Å². The number of unbranched alkanes of at least 4 members (excludes halogenated alkanes) is 1. The number of halogens is 1. The quantitative estimate of drug-likeness (QED) is 0.817. The molecular formula is C13H17ClN2OS. The minimum atomic E-state index is -0.0477. The molecule has 1 aromatic rings. The standard InChI is InChI=1S/C13H17ClN2OS/c1-2-3-8-12(17)16-13(18)15-9-10-6-4-5-7-11(10)14/h4-7H,2-3,8-9H2,1H3,(H2,15,16,17,18). The third-order valence-corrected chi connectivity index (χ3v) is 3.02. The van der Waals surface area contributed by atoms with Crippen molar-refractivity contribution in [3.05, 3.63) is 34.9 Å². The third kappa shape index (κ3) is 5.47. The Hall–Kier alpha value is -1.13. The van der Waals surface area contributed by atoms with Crippen molar-refractivity contribution in [2.24, 2.45) is 0 Å². The minimum Gasteiger partial charge on any atom is -0.358 e. The van der Waals surface area contributed by atoms with Crippen LogP contribution in [0.4, 0.5) is 0 Å². The zero-order valence-corrected chi connectivity index (χ0v) is 11.9. The third-order valence-electron chi connectivity index (χ3n) is 2.41. The number of carbonyl (C=O) groups excluding carboxylic acids is 1. The lowest BCUT2D eigenvalue weighted by Gasteiger charge is -2.10. The van der Waals surface area contributed by atoms with Crippen LogP contribution in [-0.2, 0) is 11.3 Å². The van der Waals surface area contributed by atoms with E-state index in [4.69, 9.17) is 23.8 Å². The van der Waals surface area contributed by atoms with Crippen LogP contribution in [0.25, 0.3) is 0 Å². The fraction of sp³-hybridized carbons (Fsp3) is 0.385. The fourth-order valence-electron chi connectivity index (χ4n) is 1.39. The predicted molar refractivity (Wildman–Crippen MR) is 78.6 cm³/mol. The topological polar surface area (TPSA) is 41.1 Å². The van der Waals surface area contributed by atoms with E-state index < -0.39 is 0 Å². The SMILES string of the molecule is CCCCC(=O)NC(=S)NCc1ccccc1Cl. The molecule has 0 unspecified atom stereocenters. The molecule has 1 aromatic carbocycles. The molecule has 2 N–H and O–H groups in total. The molecule has 1 rings (SSSR count). The molecule has 0 radical (unpaired) electrons. The van der Waals surface area contributed by atoms with Crippen molar-refractivity contribution in [1.29, 1.82) is 0 Å². The lowest BCUT2D eigenvalue weighted by atomic mass is 10.2. The highest BCUT2D eigenvalue weighted by atomic mass is 35.5. The molecule has 5 heteroatoms. The number of amides is 1. The second kappa shape index (κ2) is 8.06. The molecule has 0 aliphatic carbocycles. The summed E-state index contributed by atoms with van der Waals surface area (Å²) in [5.74, 6) is -0.0477. The van der Waals surface area contributed by atoms with Crippen LogP contribution >= 0.6 is 23.8 Å². The van der Waals surface area contributed by atoms with E-state index in [1.165, 1.54) is 0 Å². The van der Waals surface area contributed by atoms with Gasteiger partial charge in [-0.2, -0.15) is 0 Å². The van der Waals surface area contributed by atoms with Gasteiger partial charge in [0.15, 0.2) is 5.11 Å². The summed E-state index contributed by atoms with van der Waals surface area (Å²) in [6, 6.07) is 7.51. The van der Waals surface area contributed by atoms with E-state index >= 15 is 0 Å². The average molecular weight is 285 g/mol. The van der Waals surface area contributed by atoms with Crippen molar-refractivity contribution < 1.29 is 4.79 Å². The Kier molecular flexibility index (Phi) is 6.68. The first kappa shape index (κ1) is 14.9. The molecule has 18 heavy (non-hydrogen) atoms. The van der Waals surface area contributed by atoms with Gasteiger partial charge >= 0.3 is 0 Å². The van der Waals surface area contributed by atoms with E-state index in [0.29, 0.717) is 23.1 Å². The summed E-state index contributed by atoms with van der Waals surface area (Å²) in [5, 5.41) is 6.63. The van der Waals surface area contributed by atoms with E-state index in [9.17, 15) is 4.79 Å². The summed E-state index contributed by atoms with van der Waals surface area (Å²) in [6.07, 6.45) is 2.37. The molecule has 0 aliphatic rings. The van der Waals surface area contributed by atoms with Crippen LogP contribution < -0.4 is 10.6 Å². The highest BCUT2D eigenvalue weighted by Gasteiger charge is 2.04. The van der Waals surface area contributed by atoms with E-state index in [1.807, 2.05) is 31.2 Å². The van der Waals surface area contributed by atoms with Crippen molar-refractivity contribution in [2.45, 2.75) is 32.7 Å².